The fourth-order valence-corrected chi connectivity index (χ4v) is 3.27. The lowest BCUT2D eigenvalue weighted by Gasteiger charge is -2.14. The SMILES string of the molecule is Cl.O=c1c2cnc3c(c2[nH]n1-c1ccccc1Cl)CCCC3. The van der Waals surface area contributed by atoms with Crippen molar-refractivity contribution in [3.8, 4) is 5.69 Å². The van der Waals surface area contributed by atoms with E-state index in [4.69, 9.17) is 11.6 Å². The second kappa shape index (κ2) is 5.78. The number of pyridine rings is 1. The number of hydrogen-bond acceptors (Lipinski definition) is 2. The molecule has 2 aromatic heterocycles. The van der Waals surface area contributed by atoms with E-state index in [0.717, 1.165) is 30.5 Å². The van der Waals surface area contributed by atoms with Crippen molar-refractivity contribution in [1.82, 2.24) is 14.8 Å². The van der Waals surface area contributed by atoms with Gasteiger partial charge in [0.1, 0.15) is 0 Å². The summed E-state index contributed by atoms with van der Waals surface area (Å²) < 4.78 is 1.52. The first kappa shape index (κ1) is 15.1. The minimum atomic E-state index is -0.0982. The molecule has 1 aliphatic carbocycles. The molecule has 1 aliphatic rings. The Labute approximate surface area is 138 Å². The van der Waals surface area contributed by atoms with Gasteiger partial charge in [-0.15, -0.1) is 12.4 Å². The molecule has 0 spiro atoms. The standard InChI is InChI=1S/C16H14ClN3O.ClH/c17-12-6-2-4-8-14(12)20-16(21)11-9-18-13-7-3-1-5-10(13)15(11)19-20;/h2,4,6,8-9,19H,1,3,5,7H2;1H. The van der Waals surface area contributed by atoms with Gasteiger partial charge in [-0.2, -0.15) is 0 Å². The van der Waals surface area contributed by atoms with E-state index >= 15 is 0 Å². The zero-order valence-corrected chi connectivity index (χ0v) is 13.4. The monoisotopic (exact) mass is 335 g/mol. The minimum Gasteiger partial charge on any atom is -0.290 e. The zero-order chi connectivity index (χ0) is 14.4. The van der Waals surface area contributed by atoms with E-state index in [9.17, 15) is 4.79 Å². The summed E-state index contributed by atoms with van der Waals surface area (Å²) >= 11 is 6.21. The average Bonchev–Trinajstić information content (AvgIpc) is 2.85. The average molecular weight is 336 g/mol. The maximum absolute atomic E-state index is 12.6. The van der Waals surface area contributed by atoms with Gasteiger partial charge in [0.25, 0.3) is 5.56 Å². The molecule has 0 atom stereocenters. The van der Waals surface area contributed by atoms with Crippen molar-refractivity contribution in [3.05, 3.63) is 57.1 Å². The van der Waals surface area contributed by atoms with Gasteiger partial charge in [-0.25, -0.2) is 4.68 Å². The molecule has 0 saturated heterocycles. The van der Waals surface area contributed by atoms with Crippen LogP contribution in [0.4, 0.5) is 0 Å². The van der Waals surface area contributed by atoms with Gasteiger partial charge in [-0.3, -0.25) is 14.9 Å². The van der Waals surface area contributed by atoms with E-state index < -0.39 is 0 Å². The van der Waals surface area contributed by atoms with E-state index in [-0.39, 0.29) is 18.0 Å². The maximum Gasteiger partial charge on any atom is 0.280 e. The molecule has 0 bridgehead atoms. The summed E-state index contributed by atoms with van der Waals surface area (Å²) in [5, 5.41) is 4.41. The van der Waals surface area contributed by atoms with Gasteiger partial charge < -0.3 is 0 Å². The van der Waals surface area contributed by atoms with Crippen molar-refractivity contribution in [2.75, 3.05) is 0 Å². The van der Waals surface area contributed by atoms with Crippen molar-refractivity contribution in [2.45, 2.75) is 25.7 Å². The first-order valence-electron chi connectivity index (χ1n) is 7.12. The number of benzene rings is 1. The highest BCUT2D eigenvalue weighted by Crippen LogP contribution is 2.26. The molecule has 6 heteroatoms. The molecule has 3 aromatic rings. The van der Waals surface area contributed by atoms with Crippen LogP contribution in [-0.2, 0) is 12.8 Å². The molecule has 0 unspecified atom stereocenters. The largest absolute Gasteiger partial charge is 0.290 e. The number of aromatic amines is 1. The highest BCUT2D eigenvalue weighted by molar-refractivity contribution is 6.32. The van der Waals surface area contributed by atoms with Gasteiger partial charge in [0.2, 0.25) is 0 Å². The van der Waals surface area contributed by atoms with Crippen LogP contribution < -0.4 is 5.56 Å². The maximum atomic E-state index is 12.6. The quantitative estimate of drug-likeness (QED) is 0.737. The Morgan fingerprint density at radius 3 is 2.77 bits per heavy atom. The van der Waals surface area contributed by atoms with Crippen LogP contribution in [0.3, 0.4) is 0 Å². The van der Waals surface area contributed by atoms with Crippen molar-refractivity contribution < 1.29 is 0 Å². The van der Waals surface area contributed by atoms with Crippen LogP contribution >= 0.6 is 24.0 Å². The molecule has 0 fully saturated rings. The molecule has 22 heavy (non-hydrogen) atoms. The van der Waals surface area contributed by atoms with Crippen LogP contribution in [0.5, 0.6) is 0 Å². The Morgan fingerprint density at radius 1 is 1.18 bits per heavy atom. The second-order valence-electron chi connectivity index (χ2n) is 5.38. The van der Waals surface area contributed by atoms with E-state index in [1.807, 2.05) is 18.2 Å². The predicted octanol–water partition coefficient (Wildman–Crippen LogP) is 3.67. The van der Waals surface area contributed by atoms with Gasteiger partial charge in [0, 0.05) is 11.9 Å². The number of H-pyrrole nitrogens is 1. The van der Waals surface area contributed by atoms with Crippen LogP contribution in [0, 0.1) is 0 Å². The smallest absolute Gasteiger partial charge is 0.280 e. The van der Waals surface area contributed by atoms with Crippen LogP contribution in [0.1, 0.15) is 24.1 Å². The number of nitrogens with one attached hydrogen (secondary N) is 1. The third-order valence-corrected chi connectivity index (χ3v) is 4.43. The van der Waals surface area contributed by atoms with Crippen LogP contribution in [0.25, 0.3) is 16.6 Å². The van der Waals surface area contributed by atoms with Gasteiger partial charge in [0.05, 0.1) is 21.6 Å². The highest BCUT2D eigenvalue weighted by atomic mass is 35.5. The molecule has 114 valence electrons. The number of hydrogen-bond donors (Lipinski definition) is 1. The summed E-state index contributed by atoms with van der Waals surface area (Å²) in [7, 11) is 0. The Morgan fingerprint density at radius 2 is 1.95 bits per heavy atom. The summed E-state index contributed by atoms with van der Waals surface area (Å²) in [6.45, 7) is 0. The van der Waals surface area contributed by atoms with Crippen molar-refractivity contribution >= 4 is 34.9 Å². The van der Waals surface area contributed by atoms with E-state index in [1.165, 1.54) is 16.7 Å². The molecule has 1 aromatic carbocycles. The van der Waals surface area contributed by atoms with Crippen molar-refractivity contribution in [3.63, 3.8) is 0 Å². The number of fused-ring (bicyclic) bond motifs is 3. The molecule has 2 heterocycles. The van der Waals surface area contributed by atoms with Gasteiger partial charge >= 0.3 is 0 Å². The van der Waals surface area contributed by atoms with E-state index in [1.54, 1.807) is 12.3 Å². The van der Waals surface area contributed by atoms with Crippen LogP contribution in [0.2, 0.25) is 5.02 Å². The fourth-order valence-electron chi connectivity index (χ4n) is 3.05. The number of rotatable bonds is 1. The van der Waals surface area contributed by atoms with Crippen molar-refractivity contribution in [1.29, 1.82) is 0 Å². The van der Waals surface area contributed by atoms with Crippen LogP contribution in [-0.4, -0.2) is 14.8 Å². The van der Waals surface area contributed by atoms with Gasteiger partial charge in [0.15, 0.2) is 0 Å². The number of para-hydroxylation sites is 1. The fraction of sp³-hybridized carbons (Fsp3) is 0.250. The predicted molar refractivity (Wildman–Crippen MR) is 90.6 cm³/mol. The lowest BCUT2D eigenvalue weighted by Crippen LogP contribution is -2.14. The summed E-state index contributed by atoms with van der Waals surface area (Å²) in [4.78, 5) is 17.1. The van der Waals surface area contributed by atoms with Crippen molar-refractivity contribution in [2.24, 2.45) is 0 Å². The first-order chi connectivity index (χ1) is 10.3. The zero-order valence-electron chi connectivity index (χ0n) is 11.8. The number of halogens is 2. The molecule has 0 amide bonds. The number of nitrogens with zero attached hydrogens (tertiary/aromatic N) is 2. The van der Waals surface area contributed by atoms with Gasteiger partial charge in [-0.05, 0) is 43.4 Å². The molecular weight excluding hydrogens is 321 g/mol. The summed E-state index contributed by atoms with van der Waals surface area (Å²) in [5.74, 6) is 0. The molecule has 1 N–H and O–H groups in total. The third kappa shape index (κ3) is 2.23. The van der Waals surface area contributed by atoms with Gasteiger partial charge in [-0.1, -0.05) is 23.7 Å². The Kier molecular flexibility index (Phi) is 3.98. The first-order valence-corrected chi connectivity index (χ1v) is 7.50. The summed E-state index contributed by atoms with van der Waals surface area (Å²) in [6, 6.07) is 7.33. The summed E-state index contributed by atoms with van der Waals surface area (Å²) in [6.07, 6.45) is 5.96. The normalized spacial score (nSPS) is 13.7. The lowest BCUT2D eigenvalue weighted by molar-refractivity contribution is 0.671. The van der Waals surface area contributed by atoms with E-state index in [2.05, 4.69) is 10.1 Å². The molecule has 0 saturated carbocycles. The summed E-state index contributed by atoms with van der Waals surface area (Å²) in [5.41, 5.74) is 3.77. The second-order valence-corrected chi connectivity index (χ2v) is 5.79. The highest BCUT2D eigenvalue weighted by Gasteiger charge is 2.18. The topological polar surface area (TPSA) is 50.7 Å². The molecule has 4 rings (SSSR count). The molecular formula is C16H15Cl2N3O. The minimum absolute atomic E-state index is 0. The number of aryl methyl sites for hydroxylation is 2. The Hall–Kier alpha value is -1.78. The lowest BCUT2D eigenvalue weighted by atomic mass is 9.95. The third-order valence-electron chi connectivity index (χ3n) is 4.11. The van der Waals surface area contributed by atoms with Crippen LogP contribution in [0.15, 0.2) is 35.3 Å². The molecule has 4 nitrogen and oxygen atoms in total. The Bertz CT molecular complexity index is 898. The molecule has 0 aliphatic heterocycles. The Balaban J connectivity index is 0.00000144. The molecule has 0 radical (unpaired) electrons. The number of aromatic nitrogens is 3. The van der Waals surface area contributed by atoms with E-state index in [0.29, 0.717) is 16.1 Å².